The zero-order valence-electron chi connectivity index (χ0n) is 9.21. The van der Waals surface area contributed by atoms with Crippen molar-refractivity contribution in [3.63, 3.8) is 0 Å². The summed E-state index contributed by atoms with van der Waals surface area (Å²) >= 11 is 3.35. The molecular weight excluding hydrogens is 298 g/mol. The molecule has 18 heavy (non-hydrogen) atoms. The summed E-state index contributed by atoms with van der Waals surface area (Å²) in [5.41, 5.74) is 1.43. The second-order valence-corrected chi connectivity index (χ2v) is 4.79. The van der Waals surface area contributed by atoms with Crippen molar-refractivity contribution in [1.29, 1.82) is 0 Å². The van der Waals surface area contributed by atoms with Crippen LogP contribution in [-0.2, 0) is 6.54 Å². The Kier molecular flexibility index (Phi) is 2.71. The van der Waals surface area contributed by atoms with Crippen molar-refractivity contribution in [2.24, 2.45) is 0 Å². The average Bonchev–Trinajstić information content (AvgIpc) is 2.85. The standard InChI is InChI=1S/C12H8BrN3O2/c13-9-1-2-10-11(3-9)14-7-16(12(10)17)5-8-4-15-18-6-8/h1-4,6-7H,5H2. The monoisotopic (exact) mass is 305 g/mol. The average molecular weight is 306 g/mol. The van der Waals surface area contributed by atoms with E-state index in [1.54, 1.807) is 12.3 Å². The molecule has 5 nitrogen and oxygen atoms in total. The van der Waals surface area contributed by atoms with Crippen LogP contribution in [0.4, 0.5) is 0 Å². The molecule has 2 aromatic heterocycles. The number of rotatable bonds is 2. The number of halogens is 1. The van der Waals surface area contributed by atoms with Gasteiger partial charge < -0.3 is 4.52 Å². The molecule has 0 spiro atoms. The Bertz CT molecular complexity index is 750. The van der Waals surface area contributed by atoms with Gasteiger partial charge in [-0.1, -0.05) is 21.1 Å². The van der Waals surface area contributed by atoms with Gasteiger partial charge >= 0.3 is 0 Å². The summed E-state index contributed by atoms with van der Waals surface area (Å²) in [5.74, 6) is 0. The van der Waals surface area contributed by atoms with Gasteiger partial charge in [-0.15, -0.1) is 0 Å². The molecule has 3 rings (SSSR count). The van der Waals surface area contributed by atoms with E-state index in [4.69, 9.17) is 4.52 Å². The van der Waals surface area contributed by atoms with Crippen LogP contribution in [0.5, 0.6) is 0 Å². The largest absolute Gasteiger partial charge is 0.364 e. The van der Waals surface area contributed by atoms with Gasteiger partial charge in [0.1, 0.15) is 6.26 Å². The van der Waals surface area contributed by atoms with E-state index in [0.29, 0.717) is 17.4 Å². The molecule has 0 aliphatic heterocycles. The molecule has 6 heteroatoms. The quantitative estimate of drug-likeness (QED) is 0.728. The Labute approximate surface area is 110 Å². The van der Waals surface area contributed by atoms with Crippen LogP contribution < -0.4 is 5.56 Å². The van der Waals surface area contributed by atoms with Crippen molar-refractivity contribution in [3.8, 4) is 0 Å². The van der Waals surface area contributed by atoms with Crippen molar-refractivity contribution in [2.45, 2.75) is 6.54 Å². The summed E-state index contributed by atoms with van der Waals surface area (Å²) in [6.45, 7) is 0.404. The van der Waals surface area contributed by atoms with Gasteiger partial charge in [0.2, 0.25) is 0 Å². The minimum Gasteiger partial charge on any atom is -0.364 e. The van der Waals surface area contributed by atoms with Gasteiger partial charge in [-0.05, 0) is 18.2 Å². The van der Waals surface area contributed by atoms with Crippen molar-refractivity contribution in [1.82, 2.24) is 14.7 Å². The van der Waals surface area contributed by atoms with Crippen LogP contribution in [-0.4, -0.2) is 14.7 Å². The van der Waals surface area contributed by atoms with Crippen LogP contribution in [0.15, 0.2) is 50.8 Å². The Balaban J connectivity index is 2.12. The number of nitrogens with zero attached hydrogens (tertiary/aromatic N) is 3. The fourth-order valence-electron chi connectivity index (χ4n) is 1.75. The topological polar surface area (TPSA) is 60.9 Å². The molecule has 0 N–H and O–H groups in total. The second kappa shape index (κ2) is 4.38. The van der Waals surface area contributed by atoms with Gasteiger partial charge in [-0.3, -0.25) is 9.36 Å². The number of aromatic nitrogens is 3. The zero-order valence-corrected chi connectivity index (χ0v) is 10.8. The van der Waals surface area contributed by atoms with E-state index in [9.17, 15) is 4.79 Å². The van der Waals surface area contributed by atoms with Crippen molar-refractivity contribution in [2.75, 3.05) is 0 Å². The molecule has 0 aliphatic carbocycles. The third-order valence-electron chi connectivity index (χ3n) is 2.62. The van der Waals surface area contributed by atoms with E-state index in [1.807, 2.05) is 12.1 Å². The molecule has 3 aromatic rings. The van der Waals surface area contributed by atoms with E-state index >= 15 is 0 Å². The van der Waals surface area contributed by atoms with Crippen LogP contribution in [0.2, 0.25) is 0 Å². The minimum absolute atomic E-state index is 0.0753. The first-order valence-electron chi connectivity index (χ1n) is 5.27. The summed E-state index contributed by atoms with van der Waals surface area (Å²) < 4.78 is 7.17. The lowest BCUT2D eigenvalue weighted by Gasteiger charge is -2.04. The van der Waals surface area contributed by atoms with Gasteiger partial charge in [-0.25, -0.2) is 4.98 Å². The Morgan fingerprint density at radius 3 is 3.06 bits per heavy atom. The van der Waals surface area contributed by atoms with Crippen molar-refractivity contribution in [3.05, 3.63) is 57.4 Å². The third-order valence-corrected chi connectivity index (χ3v) is 3.12. The maximum Gasteiger partial charge on any atom is 0.261 e. The van der Waals surface area contributed by atoms with Crippen molar-refractivity contribution >= 4 is 26.8 Å². The molecule has 2 heterocycles. The highest BCUT2D eigenvalue weighted by Crippen LogP contribution is 2.15. The highest BCUT2D eigenvalue weighted by Gasteiger charge is 2.05. The first-order valence-corrected chi connectivity index (χ1v) is 6.06. The molecule has 0 saturated carbocycles. The number of hydrogen-bond donors (Lipinski definition) is 0. The van der Waals surface area contributed by atoms with Gasteiger partial charge in [0, 0.05) is 10.0 Å². The molecule has 0 bridgehead atoms. The number of hydrogen-bond acceptors (Lipinski definition) is 4. The minimum atomic E-state index is -0.0753. The zero-order chi connectivity index (χ0) is 12.5. The lowest BCUT2D eigenvalue weighted by atomic mass is 10.2. The number of fused-ring (bicyclic) bond motifs is 1. The van der Waals surface area contributed by atoms with Crippen LogP contribution in [0.25, 0.3) is 10.9 Å². The first kappa shape index (κ1) is 11.2. The fourth-order valence-corrected chi connectivity index (χ4v) is 2.09. The predicted octanol–water partition coefficient (Wildman–Crippen LogP) is 2.20. The lowest BCUT2D eigenvalue weighted by Crippen LogP contribution is -2.20. The maximum atomic E-state index is 12.2. The summed E-state index contributed by atoms with van der Waals surface area (Å²) in [6.07, 6.45) is 4.63. The maximum absolute atomic E-state index is 12.2. The first-order chi connectivity index (χ1) is 8.74. The van der Waals surface area contributed by atoms with Gasteiger partial charge in [-0.2, -0.15) is 0 Å². The highest BCUT2D eigenvalue weighted by atomic mass is 79.9. The number of benzene rings is 1. The molecular formula is C12H8BrN3O2. The van der Waals surface area contributed by atoms with Crippen molar-refractivity contribution < 1.29 is 4.52 Å². The molecule has 1 aromatic carbocycles. The molecule has 90 valence electrons. The Morgan fingerprint density at radius 1 is 1.39 bits per heavy atom. The normalized spacial score (nSPS) is 10.9. The van der Waals surface area contributed by atoms with Gasteiger partial charge in [0.15, 0.2) is 0 Å². The van der Waals surface area contributed by atoms with E-state index in [1.165, 1.54) is 17.2 Å². The Morgan fingerprint density at radius 2 is 2.28 bits per heavy atom. The lowest BCUT2D eigenvalue weighted by molar-refractivity contribution is 0.418. The van der Waals surface area contributed by atoms with E-state index in [0.717, 1.165) is 10.0 Å². The second-order valence-electron chi connectivity index (χ2n) is 3.87. The summed E-state index contributed by atoms with van der Waals surface area (Å²) in [4.78, 5) is 16.5. The van der Waals surface area contributed by atoms with E-state index < -0.39 is 0 Å². The molecule has 0 fully saturated rings. The molecule has 0 atom stereocenters. The van der Waals surface area contributed by atoms with Crippen LogP contribution in [0.1, 0.15) is 5.56 Å². The van der Waals surface area contributed by atoms with Crippen LogP contribution in [0.3, 0.4) is 0 Å². The molecule has 0 aliphatic rings. The van der Waals surface area contributed by atoms with E-state index in [2.05, 4.69) is 26.1 Å². The smallest absolute Gasteiger partial charge is 0.261 e. The molecule has 0 radical (unpaired) electrons. The summed E-state index contributed by atoms with van der Waals surface area (Å²) in [5, 5.41) is 4.20. The predicted molar refractivity (Wildman–Crippen MR) is 69.3 cm³/mol. The SMILES string of the molecule is O=c1c2ccc(Br)cc2ncn1Cc1cnoc1. The third kappa shape index (κ3) is 1.95. The summed E-state index contributed by atoms with van der Waals surface area (Å²) in [7, 11) is 0. The summed E-state index contributed by atoms with van der Waals surface area (Å²) in [6, 6.07) is 5.41. The van der Waals surface area contributed by atoms with Crippen LogP contribution in [0, 0.1) is 0 Å². The van der Waals surface area contributed by atoms with E-state index in [-0.39, 0.29) is 5.56 Å². The van der Waals surface area contributed by atoms with Gasteiger partial charge in [0.25, 0.3) is 5.56 Å². The van der Waals surface area contributed by atoms with Gasteiger partial charge in [0.05, 0.1) is 30.0 Å². The molecule has 0 saturated heterocycles. The van der Waals surface area contributed by atoms with Crippen LogP contribution >= 0.6 is 15.9 Å². The Hall–Kier alpha value is -1.95. The highest BCUT2D eigenvalue weighted by molar-refractivity contribution is 9.10. The molecule has 0 unspecified atom stereocenters. The molecule has 0 amide bonds. The fraction of sp³-hybridized carbons (Fsp3) is 0.0833.